The van der Waals surface area contributed by atoms with Gasteiger partial charge in [-0.2, -0.15) is 18.2 Å². The molecule has 0 spiro atoms. The number of nitrogens with one attached hydrogen (secondary N) is 3. The monoisotopic (exact) mass is 658 g/mol. The molecule has 4 unspecified atom stereocenters. The van der Waals surface area contributed by atoms with Crippen LogP contribution in [0.25, 0.3) is 0 Å². The van der Waals surface area contributed by atoms with Crippen LogP contribution in [0.2, 0.25) is 0 Å². The number of ketones is 1. The van der Waals surface area contributed by atoms with Crippen LogP contribution in [0.5, 0.6) is 0 Å². The summed E-state index contributed by atoms with van der Waals surface area (Å²) in [6, 6.07) is 8.14. The van der Waals surface area contributed by atoms with Crippen LogP contribution in [-0.4, -0.2) is 52.1 Å². The van der Waals surface area contributed by atoms with E-state index in [1.807, 2.05) is 36.0 Å². The van der Waals surface area contributed by atoms with Crippen molar-refractivity contribution in [2.24, 2.45) is 4.99 Å². The molecule has 3 aliphatic rings. The second-order valence-electron chi connectivity index (χ2n) is 9.47. The summed E-state index contributed by atoms with van der Waals surface area (Å²) >= 11 is 1.89. The minimum absolute atomic E-state index is 0. The number of carbonyl (C=O) groups excluding carboxylic acids is 3. The van der Waals surface area contributed by atoms with E-state index in [0.717, 1.165) is 56.4 Å². The molecule has 7 nitrogen and oxygen atoms in total. The predicted octanol–water partition coefficient (Wildman–Crippen LogP) is 4.07. The van der Waals surface area contributed by atoms with Crippen LogP contribution in [0.1, 0.15) is 63.9 Å². The number of Topliss-reactive ketones (excluding diaryl/α,β-unsaturated/α-hetero) is 1. The zero-order chi connectivity index (χ0) is 24.1. The molecule has 199 valence electrons. The third-order valence-corrected chi connectivity index (χ3v) is 8.44. The van der Waals surface area contributed by atoms with E-state index in [-0.39, 0.29) is 66.7 Å². The molecular formula is C26H35LuN4O3S-. The molecule has 3 N–H and O–H groups in total. The minimum atomic E-state index is -0.993. The van der Waals surface area contributed by atoms with Gasteiger partial charge in [0.25, 0.3) is 5.91 Å². The first-order valence-electron chi connectivity index (χ1n) is 12.5. The van der Waals surface area contributed by atoms with E-state index in [1.165, 1.54) is 5.56 Å². The van der Waals surface area contributed by atoms with Crippen LogP contribution < -0.4 is 16.0 Å². The second kappa shape index (κ2) is 12.9. The van der Waals surface area contributed by atoms with Crippen LogP contribution >= 0.6 is 11.8 Å². The topological polar surface area (TPSA) is 99.7 Å². The molecule has 4 atom stereocenters. The molecule has 1 aromatic rings. The SMILES string of the molecule is [CH2-]CCc1ccc(NC(=O)C2(CCCC)N=C2C(=O)CCCCC2SCC3NC(=O)NC32)cc1.[Lu]. The number of amides is 3. The van der Waals surface area contributed by atoms with Gasteiger partial charge >= 0.3 is 6.03 Å². The smallest absolute Gasteiger partial charge is 0.315 e. The molecule has 3 amide bonds. The van der Waals surface area contributed by atoms with Gasteiger partial charge in [-0.1, -0.05) is 50.3 Å². The molecule has 9 heteroatoms. The maximum Gasteiger partial charge on any atom is 0.315 e. The summed E-state index contributed by atoms with van der Waals surface area (Å²) in [6.07, 6.45) is 7.17. The van der Waals surface area contributed by atoms with Gasteiger partial charge in [0.05, 0.1) is 12.1 Å². The van der Waals surface area contributed by atoms with Crippen LogP contribution in [0.4, 0.5) is 10.5 Å². The standard InChI is InChI=1S/C26H35N4O3S.Lu/c1-3-5-15-26(24(32)27-18-13-11-17(8-4-2)12-14-18)23(30-26)20(31)9-6-7-10-21-22-19(16-34-21)28-25(33)29-22;/h11-14,19,21-22H,2-10,15-16H2,1H3,(H,27,32)(H2,28,29,33);/q-1;. The summed E-state index contributed by atoms with van der Waals surface area (Å²) in [7, 11) is 0. The Bertz CT molecular complexity index is 954. The fourth-order valence-electron chi connectivity index (χ4n) is 4.92. The van der Waals surface area contributed by atoms with E-state index in [1.54, 1.807) is 0 Å². The van der Waals surface area contributed by atoms with Crippen LogP contribution in [0, 0.1) is 43.8 Å². The third kappa shape index (κ3) is 6.81. The fraction of sp³-hybridized carbons (Fsp3) is 0.577. The van der Waals surface area contributed by atoms with Crippen molar-refractivity contribution in [2.75, 3.05) is 11.1 Å². The Labute approximate surface area is 241 Å². The van der Waals surface area contributed by atoms with Crippen LogP contribution in [0.15, 0.2) is 29.3 Å². The number of aliphatic imine (C=N–C) groups is 1. The molecule has 1 radical (unpaired) electrons. The Kier molecular flexibility index (Phi) is 10.5. The predicted molar refractivity (Wildman–Crippen MR) is 137 cm³/mol. The number of fused-ring (bicyclic) bond motifs is 1. The summed E-state index contributed by atoms with van der Waals surface area (Å²) in [6.45, 7) is 5.95. The van der Waals surface area contributed by atoms with Gasteiger partial charge < -0.3 is 22.9 Å². The Morgan fingerprint density at radius 2 is 1.97 bits per heavy atom. The average Bonchev–Trinajstić information content (AvgIpc) is 3.30. The first-order chi connectivity index (χ1) is 16.5. The molecular weight excluding hydrogens is 623 g/mol. The van der Waals surface area contributed by atoms with Crippen molar-refractivity contribution in [1.29, 1.82) is 0 Å². The molecule has 1 aromatic carbocycles. The van der Waals surface area contributed by atoms with E-state index < -0.39 is 5.54 Å². The van der Waals surface area contributed by atoms with Crippen molar-refractivity contribution >= 4 is 40.9 Å². The van der Waals surface area contributed by atoms with Gasteiger partial charge in [0.1, 0.15) is 5.71 Å². The quantitative estimate of drug-likeness (QED) is 0.169. The van der Waals surface area contributed by atoms with Gasteiger partial charge in [-0.05, 0) is 31.4 Å². The normalized spacial score (nSPS) is 26.2. The minimum Gasteiger partial charge on any atom is -0.343 e. The Hall–Kier alpha value is -1.12. The molecule has 0 aliphatic carbocycles. The van der Waals surface area contributed by atoms with Gasteiger partial charge in [0.2, 0.25) is 0 Å². The Morgan fingerprint density at radius 3 is 2.69 bits per heavy atom. The van der Waals surface area contributed by atoms with Crippen molar-refractivity contribution in [2.45, 2.75) is 87.6 Å². The number of hydrogen-bond acceptors (Lipinski definition) is 5. The third-order valence-electron chi connectivity index (χ3n) is 6.93. The number of thioether (sulfide) groups is 1. The summed E-state index contributed by atoms with van der Waals surface area (Å²) in [4.78, 5) is 42.0. The van der Waals surface area contributed by atoms with Crippen molar-refractivity contribution in [3.8, 4) is 0 Å². The van der Waals surface area contributed by atoms with Crippen molar-refractivity contribution in [3.05, 3.63) is 36.8 Å². The molecule has 2 saturated heterocycles. The number of anilines is 1. The number of nitrogens with zero attached hydrogens (tertiary/aromatic N) is 1. The number of unbranched alkanes of at least 4 members (excludes halogenated alkanes) is 2. The molecule has 0 saturated carbocycles. The summed E-state index contributed by atoms with van der Waals surface area (Å²) < 4.78 is 0. The van der Waals surface area contributed by atoms with Crippen LogP contribution in [-0.2, 0) is 16.0 Å². The van der Waals surface area contributed by atoms with E-state index in [2.05, 4.69) is 34.8 Å². The molecule has 3 aliphatic heterocycles. The Morgan fingerprint density at radius 1 is 1.20 bits per heavy atom. The van der Waals surface area contributed by atoms with E-state index in [9.17, 15) is 14.4 Å². The van der Waals surface area contributed by atoms with E-state index >= 15 is 0 Å². The first-order valence-corrected chi connectivity index (χ1v) is 13.5. The number of benzene rings is 1. The van der Waals surface area contributed by atoms with Crippen LogP contribution in [0.3, 0.4) is 0 Å². The molecule has 2 fully saturated rings. The molecule has 3 heterocycles. The number of urea groups is 1. The summed E-state index contributed by atoms with van der Waals surface area (Å²) in [5.41, 5.74) is 1.36. The number of aryl methyl sites for hydroxylation is 1. The number of rotatable bonds is 13. The van der Waals surface area contributed by atoms with Crippen molar-refractivity contribution < 1.29 is 51.3 Å². The van der Waals surface area contributed by atoms with Gasteiger partial charge in [-0.25, -0.2) is 4.79 Å². The number of hydrogen-bond donors (Lipinski definition) is 3. The van der Waals surface area contributed by atoms with Crippen molar-refractivity contribution in [1.82, 2.24) is 10.6 Å². The average molecular weight is 659 g/mol. The maximum atomic E-state index is 13.1. The first kappa shape index (κ1) is 28.5. The molecule has 35 heavy (non-hydrogen) atoms. The molecule has 0 aromatic heterocycles. The summed E-state index contributed by atoms with van der Waals surface area (Å²) in [5.74, 6) is 0.731. The second-order valence-corrected chi connectivity index (χ2v) is 10.7. The number of carbonyl (C=O) groups is 3. The van der Waals surface area contributed by atoms with Gasteiger partial charge in [-0.3, -0.25) is 14.6 Å². The Balaban J connectivity index is 0.00000342. The maximum absolute atomic E-state index is 13.1. The van der Waals surface area contributed by atoms with E-state index in [0.29, 0.717) is 23.8 Å². The zero-order valence-electron chi connectivity index (χ0n) is 20.2. The van der Waals surface area contributed by atoms with Gasteiger partial charge in [0.15, 0.2) is 11.3 Å². The van der Waals surface area contributed by atoms with Gasteiger partial charge in [0, 0.05) is 60.0 Å². The summed E-state index contributed by atoms with van der Waals surface area (Å²) in [5, 5.41) is 9.34. The van der Waals surface area contributed by atoms with Crippen molar-refractivity contribution in [3.63, 3.8) is 0 Å². The van der Waals surface area contributed by atoms with E-state index in [4.69, 9.17) is 0 Å². The largest absolute Gasteiger partial charge is 0.343 e. The van der Waals surface area contributed by atoms with Gasteiger partial charge in [-0.15, -0.1) is 0 Å². The molecule has 4 rings (SSSR count). The zero-order valence-corrected chi connectivity index (χ0v) is 22.6. The fourth-order valence-corrected chi connectivity index (χ4v) is 6.46. The molecule has 0 bridgehead atoms.